The molecule has 4 rings (SSSR count). The van der Waals surface area contributed by atoms with E-state index in [9.17, 15) is 9.59 Å². The van der Waals surface area contributed by atoms with Gasteiger partial charge < -0.3 is 19.9 Å². The molecule has 0 aliphatic heterocycles. The second-order valence-corrected chi connectivity index (χ2v) is 7.75. The predicted molar refractivity (Wildman–Crippen MR) is 129 cm³/mol. The van der Waals surface area contributed by atoms with Gasteiger partial charge in [-0.2, -0.15) is 0 Å². The maximum Gasteiger partial charge on any atom is 0.322 e. The molecular formula is C26H26N4O3. The average Bonchev–Trinajstić information content (AvgIpc) is 2.84. The fraction of sp³-hybridized carbons (Fsp3) is 0.192. The first-order valence-electron chi connectivity index (χ1n) is 10.8. The van der Waals surface area contributed by atoms with Crippen molar-refractivity contribution < 1.29 is 9.53 Å². The van der Waals surface area contributed by atoms with Crippen molar-refractivity contribution in [3.8, 4) is 5.75 Å². The summed E-state index contributed by atoms with van der Waals surface area (Å²) in [6, 6.07) is 18.4. The van der Waals surface area contributed by atoms with Crippen molar-refractivity contribution in [3.05, 3.63) is 100 Å². The highest BCUT2D eigenvalue weighted by Crippen LogP contribution is 2.24. The van der Waals surface area contributed by atoms with Gasteiger partial charge in [0.2, 0.25) is 0 Å². The lowest BCUT2D eigenvalue weighted by Crippen LogP contribution is -2.35. The number of para-hydroxylation sites is 2. The highest BCUT2D eigenvalue weighted by molar-refractivity contribution is 5.91. The molecule has 0 atom stereocenters. The number of rotatable bonds is 7. The zero-order valence-electron chi connectivity index (χ0n) is 18.7. The number of amides is 2. The molecule has 7 heteroatoms. The lowest BCUT2D eigenvalue weighted by Gasteiger charge is -2.23. The lowest BCUT2D eigenvalue weighted by atomic mass is 10.1. The third kappa shape index (κ3) is 5.20. The number of nitrogens with zero attached hydrogens (tertiary/aromatic N) is 2. The van der Waals surface area contributed by atoms with Crippen LogP contribution in [0.4, 0.5) is 10.5 Å². The number of H-pyrrole nitrogens is 1. The Bertz CT molecular complexity index is 1320. The van der Waals surface area contributed by atoms with Gasteiger partial charge in [0.25, 0.3) is 5.56 Å². The van der Waals surface area contributed by atoms with Crippen LogP contribution in [0.5, 0.6) is 5.75 Å². The van der Waals surface area contributed by atoms with Crippen molar-refractivity contribution in [1.82, 2.24) is 14.9 Å². The second-order valence-electron chi connectivity index (χ2n) is 7.75. The molecule has 2 N–H and O–H groups in total. The molecule has 2 aromatic carbocycles. The minimum Gasteiger partial charge on any atom is -0.495 e. The van der Waals surface area contributed by atoms with E-state index in [4.69, 9.17) is 4.74 Å². The first-order chi connectivity index (χ1) is 16.1. The number of methoxy groups -OCH3 is 1. The van der Waals surface area contributed by atoms with Gasteiger partial charge in [0.1, 0.15) is 5.75 Å². The highest BCUT2D eigenvalue weighted by atomic mass is 16.5. The number of hydrogen-bond donors (Lipinski definition) is 2. The zero-order chi connectivity index (χ0) is 23.2. The van der Waals surface area contributed by atoms with Crippen LogP contribution in [0.15, 0.2) is 77.9 Å². The zero-order valence-corrected chi connectivity index (χ0v) is 18.7. The van der Waals surface area contributed by atoms with Gasteiger partial charge >= 0.3 is 6.03 Å². The largest absolute Gasteiger partial charge is 0.495 e. The van der Waals surface area contributed by atoms with Crippen LogP contribution in [-0.4, -0.2) is 28.0 Å². The molecule has 0 aliphatic rings. The number of nitrogens with one attached hydrogen (secondary N) is 2. The fourth-order valence-corrected chi connectivity index (χ4v) is 3.70. The minimum atomic E-state index is -0.342. The fourth-order valence-electron chi connectivity index (χ4n) is 3.70. The summed E-state index contributed by atoms with van der Waals surface area (Å²) < 4.78 is 5.35. The Labute approximate surface area is 192 Å². The van der Waals surface area contributed by atoms with Crippen LogP contribution >= 0.6 is 0 Å². The molecule has 0 aliphatic carbocycles. The molecule has 168 valence electrons. The molecule has 2 heterocycles. The summed E-state index contributed by atoms with van der Waals surface area (Å²) >= 11 is 0. The van der Waals surface area contributed by atoms with Gasteiger partial charge in [-0.05, 0) is 59.3 Å². The number of aryl methyl sites for hydroxylation is 1. The number of urea groups is 1. The standard InChI is InChI=1S/C26H26N4O3/c1-3-18-10-11-22-20(13-18)14-21(25(31)28-22)17-30(16-19-7-6-12-27-15-19)26(32)29-23-8-4-5-9-24(23)33-2/h4-15H,3,16-17H2,1-2H3,(H,28,31)(H,29,32). The van der Waals surface area contributed by atoms with E-state index < -0.39 is 0 Å². The van der Waals surface area contributed by atoms with Gasteiger partial charge in [0.15, 0.2) is 0 Å². The van der Waals surface area contributed by atoms with E-state index in [1.165, 1.54) is 5.56 Å². The summed E-state index contributed by atoms with van der Waals surface area (Å²) in [5.74, 6) is 0.558. The minimum absolute atomic E-state index is 0.136. The Hall–Kier alpha value is -4.13. The van der Waals surface area contributed by atoms with Crippen LogP contribution in [0.3, 0.4) is 0 Å². The molecule has 4 aromatic rings. The molecule has 0 saturated heterocycles. The number of carbonyl (C=O) groups is 1. The first-order valence-corrected chi connectivity index (χ1v) is 10.8. The number of anilines is 1. The predicted octanol–water partition coefficient (Wildman–Crippen LogP) is 4.73. The topological polar surface area (TPSA) is 87.3 Å². The van der Waals surface area contributed by atoms with Crippen LogP contribution in [0, 0.1) is 0 Å². The normalized spacial score (nSPS) is 10.7. The van der Waals surface area contributed by atoms with Gasteiger partial charge in [-0.25, -0.2) is 4.79 Å². The Kier molecular flexibility index (Phi) is 6.69. The third-order valence-corrected chi connectivity index (χ3v) is 5.49. The number of fused-ring (bicyclic) bond motifs is 1. The molecular weight excluding hydrogens is 416 g/mol. The summed E-state index contributed by atoms with van der Waals surface area (Å²) in [6.45, 7) is 2.52. The summed E-state index contributed by atoms with van der Waals surface area (Å²) in [5.41, 5.74) is 3.67. The molecule has 7 nitrogen and oxygen atoms in total. The number of carbonyl (C=O) groups excluding carboxylic acids is 1. The third-order valence-electron chi connectivity index (χ3n) is 5.49. The van der Waals surface area contributed by atoms with Crippen LogP contribution in [0.1, 0.15) is 23.6 Å². The summed E-state index contributed by atoms with van der Waals surface area (Å²) in [4.78, 5) is 34.8. The van der Waals surface area contributed by atoms with Crippen molar-refractivity contribution in [3.63, 3.8) is 0 Å². The molecule has 0 fully saturated rings. The van der Waals surface area contributed by atoms with E-state index in [2.05, 4.69) is 28.3 Å². The molecule has 0 saturated carbocycles. The van der Waals surface area contributed by atoms with Crippen molar-refractivity contribution in [2.75, 3.05) is 12.4 Å². The van der Waals surface area contributed by atoms with Crippen LogP contribution < -0.4 is 15.6 Å². The number of pyridine rings is 2. The smallest absolute Gasteiger partial charge is 0.322 e. The van der Waals surface area contributed by atoms with Gasteiger partial charge in [-0.15, -0.1) is 0 Å². The number of benzene rings is 2. The Morgan fingerprint density at radius 3 is 2.67 bits per heavy atom. The maximum absolute atomic E-state index is 13.3. The Balaban J connectivity index is 1.66. The monoisotopic (exact) mass is 442 g/mol. The van der Waals surface area contributed by atoms with Crippen molar-refractivity contribution in [2.45, 2.75) is 26.4 Å². The van der Waals surface area contributed by atoms with Crippen molar-refractivity contribution >= 4 is 22.6 Å². The molecule has 2 aromatic heterocycles. The maximum atomic E-state index is 13.3. The summed E-state index contributed by atoms with van der Waals surface area (Å²) in [6.07, 6.45) is 4.29. The van der Waals surface area contributed by atoms with E-state index in [1.54, 1.807) is 36.5 Å². The van der Waals surface area contributed by atoms with Gasteiger partial charge in [-0.3, -0.25) is 9.78 Å². The van der Waals surface area contributed by atoms with Crippen molar-refractivity contribution in [2.24, 2.45) is 0 Å². The number of ether oxygens (including phenoxy) is 1. The number of hydrogen-bond acceptors (Lipinski definition) is 4. The van der Waals surface area contributed by atoms with E-state index in [0.717, 1.165) is 22.9 Å². The molecule has 0 unspecified atom stereocenters. The van der Waals surface area contributed by atoms with Crippen molar-refractivity contribution in [1.29, 1.82) is 0 Å². The highest BCUT2D eigenvalue weighted by Gasteiger charge is 2.18. The number of aromatic amines is 1. The van der Waals surface area contributed by atoms with E-state index in [-0.39, 0.29) is 18.1 Å². The van der Waals surface area contributed by atoms with Gasteiger partial charge in [0, 0.05) is 30.0 Å². The lowest BCUT2D eigenvalue weighted by molar-refractivity contribution is 0.206. The summed E-state index contributed by atoms with van der Waals surface area (Å²) in [7, 11) is 1.55. The first kappa shape index (κ1) is 22.1. The van der Waals surface area contributed by atoms with Crippen LogP contribution in [-0.2, 0) is 19.5 Å². The number of aromatic nitrogens is 2. The quantitative estimate of drug-likeness (QED) is 0.433. The van der Waals surface area contributed by atoms with E-state index in [0.29, 0.717) is 23.5 Å². The Morgan fingerprint density at radius 2 is 1.91 bits per heavy atom. The van der Waals surface area contributed by atoms with Crippen LogP contribution in [0.2, 0.25) is 0 Å². The average molecular weight is 443 g/mol. The summed E-state index contributed by atoms with van der Waals surface area (Å²) in [5, 5.41) is 3.85. The van der Waals surface area contributed by atoms with Gasteiger partial charge in [-0.1, -0.05) is 31.2 Å². The van der Waals surface area contributed by atoms with E-state index >= 15 is 0 Å². The van der Waals surface area contributed by atoms with Gasteiger partial charge in [0.05, 0.1) is 19.3 Å². The molecule has 0 radical (unpaired) electrons. The van der Waals surface area contributed by atoms with Crippen LogP contribution in [0.25, 0.3) is 10.9 Å². The molecule has 0 spiro atoms. The molecule has 2 amide bonds. The van der Waals surface area contributed by atoms with E-state index in [1.807, 2.05) is 42.5 Å². The second kappa shape index (κ2) is 9.99. The molecule has 0 bridgehead atoms. The SMILES string of the molecule is CCc1ccc2[nH]c(=O)c(CN(Cc3cccnc3)C(=O)Nc3ccccc3OC)cc2c1. The Morgan fingerprint density at radius 1 is 1.06 bits per heavy atom. The molecule has 33 heavy (non-hydrogen) atoms.